The second kappa shape index (κ2) is 6.87. The molecule has 2 saturated carbocycles. The number of carbonyl (C=O) groups is 2. The molecule has 162 valence electrons. The Kier molecular flexibility index (Phi) is 4.31. The minimum atomic E-state index is -0.972. The zero-order chi connectivity index (χ0) is 21.2. The van der Waals surface area contributed by atoms with E-state index in [0.717, 1.165) is 42.7 Å². The van der Waals surface area contributed by atoms with Gasteiger partial charge in [0, 0.05) is 24.1 Å². The fraction of sp³-hybridized carbons (Fsp3) is 0.542. The Morgan fingerprint density at radius 2 is 2.03 bits per heavy atom. The average molecular weight is 438 g/mol. The molecule has 1 aromatic heterocycles. The van der Waals surface area contributed by atoms with Crippen LogP contribution >= 0.6 is 11.3 Å². The predicted molar refractivity (Wildman–Crippen MR) is 117 cm³/mol. The van der Waals surface area contributed by atoms with Gasteiger partial charge in [-0.1, -0.05) is 18.2 Å². The summed E-state index contributed by atoms with van der Waals surface area (Å²) in [7, 11) is 1.77. The van der Waals surface area contributed by atoms with Crippen molar-refractivity contribution in [1.82, 2.24) is 15.2 Å². The van der Waals surface area contributed by atoms with Crippen LogP contribution in [0.2, 0.25) is 0 Å². The Morgan fingerprint density at radius 1 is 1.23 bits per heavy atom. The summed E-state index contributed by atoms with van der Waals surface area (Å²) in [6, 6.07) is 6.39. The highest BCUT2D eigenvalue weighted by atomic mass is 32.1. The van der Waals surface area contributed by atoms with E-state index in [-0.39, 0.29) is 30.0 Å². The highest BCUT2D eigenvalue weighted by molar-refractivity contribution is 7.09. The summed E-state index contributed by atoms with van der Waals surface area (Å²) in [6.07, 6.45) is 8.77. The Labute approximate surface area is 186 Å². The van der Waals surface area contributed by atoms with Gasteiger partial charge in [0.25, 0.3) is 5.91 Å². The molecule has 1 aliphatic heterocycles. The molecule has 2 aromatic rings. The van der Waals surface area contributed by atoms with Crippen molar-refractivity contribution in [2.45, 2.75) is 69.1 Å². The first-order chi connectivity index (χ1) is 15.1. The fourth-order valence-corrected chi connectivity index (χ4v) is 6.81. The predicted octanol–water partition coefficient (Wildman–Crippen LogP) is 4.10. The summed E-state index contributed by atoms with van der Waals surface area (Å²) in [4.78, 5) is 33.0. The van der Waals surface area contributed by atoms with Crippen LogP contribution in [0.5, 0.6) is 0 Å². The first-order valence-electron chi connectivity index (χ1n) is 11.2. The van der Waals surface area contributed by atoms with Gasteiger partial charge in [0.05, 0.1) is 12.6 Å². The summed E-state index contributed by atoms with van der Waals surface area (Å²) >= 11 is 1.47. The maximum absolute atomic E-state index is 14.1. The van der Waals surface area contributed by atoms with Crippen LogP contribution in [-0.4, -0.2) is 35.0 Å². The molecule has 2 spiro atoms. The summed E-state index contributed by atoms with van der Waals surface area (Å²) in [5.74, 6) is 0.497. The summed E-state index contributed by atoms with van der Waals surface area (Å²) in [5.41, 5.74) is 2.29. The van der Waals surface area contributed by atoms with Crippen molar-refractivity contribution in [1.29, 1.82) is 0 Å². The molecular formula is C24H27N3O3S. The number of hydrogen-bond donors (Lipinski definition) is 1. The van der Waals surface area contributed by atoms with Gasteiger partial charge in [-0.2, -0.15) is 0 Å². The highest BCUT2D eigenvalue weighted by Crippen LogP contribution is 2.60. The number of carbonyl (C=O) groups excluding carboxylic acids is 2. The number of amides is 3. The minimum Gasteiger partial charge on any atom is -0.381 e. The van der Waals surface area contributed by atoms with Crippen LogP contribution in [0, 0.1) is 5.41 Å². The smallest absolute Gasteiger partial charge is 0.325 e. The molecule has 6 nitrogen and oxygen atoms in total. The molecule has 1 unspecified atom stereocenters. The molecule has 1 aromatic carbocycles. The van der Waals surface area contributed by atoms with E-state index >= 15 is 0 Å². The van der Waals surface area contributed by atoms with Crippen molar-refractivity contribution in [2.24, 2.45) is 5.41 Å². The highest BCUT2D eigenvalue weighted by Gasteiger charge is 2.68. The molecule has 31 heavy (non-hydrogen) atoms. The number of rotatable bonds is 4. The van der Waals surface area contributed by atoms with Crippen LogP contribution in [0.1, 0.15) is 66.1 Å². The van der Waals surface area contributed by atoms with Crippen molar-refractivity contribution in [3.8, 4) is 0 Å². The lowest BCUT2D eigenvalue weighted by Gasteiger charge is -2.46. The molecule has 1 saturated heterocycles. The first kappa shape index (κ1) is 19.4. The van der Waals surface area contributed by atoms with Gasteiger partial charge in [0.1, 0.15) is 5.01 Å². The van der Waals surface area contributed by atoms with Gasteiger partial charge in [-0.3, -0.25) is 9.69 Å². The molecule has 3 aliphatic carbocycles. The zero-order valence-electron chi connectivity index (χ0n) is 17.7. The van der Waals surface area contributed by atoms with Crippen molar-refractivity contribution < 1.29 is 14.3 Å². The van der Waals surface area contributed by atoms with Crippen LogP contribution in [0.4, 0.5) is 4.79 Å². The lowest BCUT2D eigenvalue weighted by atomic mass is 9.61. The van der Waals surface area contributed by atoms with E-state index < -0.39 is 5.54 Å². The lowest BCUT2D eigenvalue weighted by molar-refractivity contribution is -0.139. The van der Waals surface area contributed by atoms with E-state index in [4.69, 9.17) is 4.74 Å². The lowest BCUT2D eigenvalue weighted by Crippen LogP contribution is -2.56. The summed E-state index contributed by atoms with van der Waals surface area (Å²) in [6.45, 7) is 0.235. The maximum atomic E-state index is 14.1. The van der Waals surface area contributed by atoms with Crippen LogP contribution < -0.4 is 5.32 Å². The van der Waals surface area contributed by atoms with Gasteiger partial charge in [0.15, 0.2) is 5.54 Å². The Morgan fingerprint density at radius 3 is 2.71 bits per heavy atom. The normalized spacial score (nSPS) is 32.2. The van der Waals surface area contributed by atoms with Gasteiger partial charge in [-0.15, -0.1) is 11.3 Å². The molecule has 1 N–H and O–H groups in total. The number of fused-ring (bicyclic) bond motifs is 3. The van der Waals surface area contributed by atoms with Crippen molar-refractivity contribution in [3.05, 3.63) is 51.5 Å². The van der Waals surface area contributed by atoms with Crippen molar-refractivity contribution in [2.75, 3.05) is 7.11 Å². The number of thiazole rings is 1. The van der Waals surface area contributed by atoms with Crippen LogP contribution in [-0.2, 0) is 28.0 Å². The number of imide groups is 1. The summed E-state index contributed by atoms with van der Waals surface area (Å²) in [5, 5.41) is 5.91. The van der Waals surface area contributed by atoms with Crippen LogP contribution in [0.25, 0.3) is 0 Å². The molecule has 1 atom stereocenters. The third-order valence-corrected chi connectivity index (χ3v) is 8.78. The zero-order valence-corrected chi connectivity index (χ0v) is 18.5. The van der Waals surface area contributed by atoms with E-state index in [0.29, 0.717) is 5.92 Å². The quantitative estimate of drug-likeness (QED) is 0.731. The van der Waals surface area contributed by atoms with Crippen molar-refractivity contribution in [3.63, 3.8) is 0 Å². The molecule has 7 heteroatoms. The van der Waals surface area contributed by atoms with E-state index in [9.17, 15) is 9.59 Å². The Hall–Kier alpha value is -2.25. The molecule has 4 aliphatic rings. The molecule has 6 rings (SSSR count). The topological polar surface area (TPSA) is 71.5 Å². The number of hydrogen-bond acceptors (Lipinski definition) is 5. The minimum absolute atomic E-state index is 0.102. The molecule has 0 radical (unpaired) electrons. The standard InChI is InChI=1S/C24H27N3O3S/c1-30-18-6-8-23(9-7-18)13-17-5-4-16(15-2-3-15)12-19(17)24(23)21(28)27(22(29)26-24)14-20-25-10-11-31-20/h4-5,10-12,15,18H,2-3,6-9,13-14H2,1H3,(H,26,29). The van der Waals surface area contributed by atoms with Gasteiger partial charge in [-0.05, 0) is 67.6 Å². The Bertz CT molecular complexity index is 1040. The van der Waals surface area contributed by atoms with E-state index in [1.807, 2.05) is 5.38 Å². The SMILES string of the molecule is COC1CCC2(CC1)Cc1ccc(C3CC3)cc1C21NC(=O)N(Cc2nccs2)C1=O. The fourth-order valence-electron chi connectivity index (χ4n) is 6.21. The van der Waals surface area contributed by atoms with E-state index in [2.05, 4.69) is 28.5 Å². The number of aromatic nitrogens is 1. The Balaban J connectivity index is 1.45. The number of ether oxygens (including phenoxy) is 1. The van der Waals surface area contributed by atoms with Crippen LogP contribution in [0.15, 0.2) is 29.8 Å². The van der Waals surface area contributed by atoms with Gasteiger partial charge in [0.2, 0.25) is 0 Å². The third kappa shape index (κ3) is 2.75. The summed E-state index contributed by atoms with van der Waals surface area (Å²) < 4.78 is 5.63. The second-order valence-corrected chi connectivity index (χ2v) is 10.6. The van der Waals surface area contributed by atoms with Gasteiger partial charge >= 0.3 is 6.03 Å². The number of urea groups is 1. The molecule has 3 amide bonds. The second-order valence-electron chi connectivity index (χ2n) is 9.58. The maximum Gasteiger partial charge on any atom is 0.325 e. The number of nitrogens with one attached hydrogen (secondary N) is 1. The first-order valence-corrected chi connectivity index (χ1v) is 12.1. The van der Waals surface area contributed by atoms with Crippen molar-refractivity contribution >= 4 is 23.3 Å². The average Bonchev–Trinajstić information content (AvgIpc) is 3.37. The van der Waals surface area contributed by atoms with Gasteiger partial charge < -0.3 is 10.1 Å². The third-order valence-electron chi connectivity index (χ3n) is 8.02. The van der Waals surface area contributed by atoms with Crippen LogP contribution in [0.3, 0.4) is 0 Å². The monoisotopic (exact) mass is 437 g/mol. The van der Waals surface area contributed by atoms with E-state index in [1.54, 1.807) is 13.3 Å². The number of nitrogens with zero attached hydrogens (tertiary/aromatic N) is 2. The van der Waals surface area contributed by atoms with Gasteiger partial charge in [-0.25, -0.2) is 9.78 Å². The molecule has 3 fully saturated rings. The molecule has 0 bridgehead atoms. The number of methoxy groups -OCH3 is 1. The number of benzene rings is 1. The molecule has 2 heterocycles. The largest absolute Gasteiger partial charge is 0.381 e. The van der Waals surface area contributed by atoms with E-state index in [1.165, 1.54) is 40.2 Å². The molecular weight excluding hydrogens is 410 g/mol.